The Hall–Kier alpha value is -0.540. The highest BCUT2D eigenvalue weighted by molar-refractivity contribution is 7.65. The molecular weight excluding hydrogens is 955 g/mol. The van der Waals surface area contributed by atoms with E-state index in [1.165, 1.54) is 37.5 Å². The van der Waals surface area contributed by atoms with Crippen LogP contribution in [0.15, 0.2) is 97.1 Å². The van der Waals surface area contributed by atoms with Crippen molar-refractivity contribution < 1.29 is 0 Å². The van der Waals surface area contributed by atoms with Gasteiger partial charge in [-0.2, -0.15) is 0 Å². The van der Waals surface area contributed by atoms with E-state index in [0.29, 0.717) is 30.9 Å². The van der Waals surface area contributed by atoms with Crippen molar-refractivity contribution in [1.82, 2.24) is 0 Å². The standard InChI is InChI=1S/2C24H32P2.C16H32P2/c2*1-23(2,3)25-15-17-11-7-9-13-19(17)21(25)22-20-14-10-8-12-18(20)16-26(22)24(4,5)6;1-15(2,3)17-11-7-9-13(17)14-10-8-12-18(14)16(4,5)6/h2*7-14,21-22H,15-16H2,1-6H3;13-14H,7-12H2,1-6H3/t2*21-,22-,25+,26+;13-,14-,17+,18+/m101/s1. The summed E-state index contributed by atoms with van der Waals surface area (Å²) in [4.78, 5) is 0. The number of rotatable bonds is 3. The third-order valence-electron chi connectivity index (χ3n) is 17.0. The predicted octanol–water partition coefficient (Wildman–Crippen LogP) is 22.0. The van der Waals surface area contributed by atoms with E-state index >= 15 is 0 Å². The number of fused-ring (bicyclic) bond motifs is 4. The van der Waals surface area contributed by atoms with Gasteiger partial charge in [-0.3, -0.25) is 0 Å². The lowest BCUT2D eigenvalue weighted by Gasteiger charge is -2.42. The van der Waals surface area contributed by atoms with Crippen molar-refractivity contribution in [3.05, 3.63) is 142 Å². The molecule has 6 heteroatoms. The highest BCUT2D eigenvalue weighted by Gasteiger charge is 2.52. The van der Waals surface area contributed by atoms with Gasteiger partial charge in [0.1, 0.15) is 0 Å². The third kappa shape index (κ3) is 11.7. The van der Waals surface area contributed by atoms with Gasteiger partial charge in [0.05, 0.1) is 0 Å². The largest absolute Gasteiger partial charge is 0.0974 e. The van der Waals surface area contributed by atoms with Crippen LogP contribution in [0.25, 0.3) is 0 Å². The molecule has 6 aliphatic rings. The van der Waals surface area contributed by atoms with Crippen LogP contribution in [-0.4, -0.2) is 54.6 Å². The van der Waals surface area contributed by atoms with Gasteiger partial charge in [0.2, 0.25) is 0 Å². The molecule has 4 aromatic rings. The molecule has 0 saturated carbocycles. The Morgan fingerprint density at radius 3 is 0.686 bits per heavy atom. The molecule has 382 valence electrons. The van der Waals surface area contributed by atoms with Gasteiger partial charge in [0, 0.05) is 22.6 Å². The summed E-state index contributed by atoms with van der Waals surface area (Å²) in [6.07, 6.45) is 14.5. The van der Waals surface area contributed by atoms with Crippen LogP contribution in [0.3, 0.4) is 0 Å². The molecule has 6 heterocycles. The molecule has 0 aromatic heterocycles. The van der Waals surface area contributed by atoms with Gasteiger partial charge in [0.15, 0.2) is 0 Å². The maximum Gasteiger partial charge on any atom is 0.0161 e. The van der Waals surface area contributed by atoms with Crippen LogP contribution < -0.4 is 0 Å². The summed E-state index contributed by atoms with van der Waals surface area (Å²) in [6.45, 7) is 44.8. The Morgan fingerprint density at radius 1 is 0.286 bits per heavy atom. The normalized spacial score (nSPS) is 30.7. The second kappa shape index (κ2) is 21.1. The monoisotopic (exact) mass is 1050 g/mol. The maximum atomic E-state index is 2.51. The quantitative estimate of drug-likeness (QED) is 0.179. The molecule has 6 aliphatic heterocycles. The van der Waals surface area contributed by atoms with Crippen LogP contribution in [0, 0.1) is 0 Å². The average Bonchev–Trinajstić information content (AvgIpc) is 4.11. The van der Waals surface area contributed by atoms with Crippen LogP contribution in [-0.2, 0) is 24.6 Å². The van der Waals surface area contributed by atoms with Gasteiger partial charge in [-0.25, -0.2) is 0 Å². The summed E-state index contributed by atoms with van der Waals surface area (Å²) >= 11 is 0. The van der Waals surface area contributed by atoms with Gasteiger partial charge in [0.25, 0.3) is 0 Å². The molecule has 2 saturated heterocycles. The fourth-order valence-electron chi connectivity index (χ4n) is 13.7. The first kappa shape index (κ1) is 55.7. The molecule has 0 amide bonds. The summed E-state index contributed by atoms with van der Waals surface area (Å²) in [7, 11) is 0.286. The number of hydrogen-bond donors (Lipinski definition) is 0. The van der Waals surface area contributed by atoms with Crippen LogP contribution >= 0.6 is 47.5 Å². The van der Waals surface area contributed by atoms with Gasteiger partial charge >= 0.3 is 0 Å². The molecular formula is C64H96P6. The van der Waals surface area contributed by atoms with E-state index in [9.17, 15) is 0 Å². The Kier molecular flexibility index (Phi) is 16.8. The summed E-state index contributed by atoms with van der Waals surface area (Å²) in [5.74, 6) is 0. The van der Waals surface area contributed by atoms with Crippen molar-refractivity contribution in [2.45, 2.75) is 240 Å². The second-order valence-electron chi connectivity index (χ2n) is 27.9. The van der Waals surface area contributed by atoms with Crippen LogP contribution in [0.4, 0.5) is 0 Å². The molecule has 2 fully saturated rings. The van der Waals surface area contributed by atoms with E-state index in [1.54, 1.807) is 69.7 Å². The van der Waals surface area contributed by atoms with Crippen molar-refractivity contribution >= 4 is 47.5 Å². The molecule has 4 aromatic carbocycles. The average molecular weight is 1050 g/mol. The highest BCUT2D eigenvalue weighted by atomic mass is 31.1. The molecule has 0 nitrogen and oxygen atoms in total. The third-order valence-corrected chi connectivity index (χ3v) is 40.2. The van der Waals surface area contributed by atoms with Gasteiger partial charge in [-0.1, -0.05) is 269 Å². The van der Waals surface area contributed by atoms with Crippen LogP contribution in [0.1, 0.15) is 217 Å². The summed E-state index contributed by atoms with van der Waals surface area (Å²) < 4.78 is 0. The number of hydrogen-bond acceptors (Lipinski definition) is 0. The van der Waals surface area contributed by atoms with E-state index in [1.807, 2.05) is 0 Å². The first-order chi connectivity index (χ1) is 32.6. The van der Waals surface area contributed by atoms with Crippen molar-refractivity contribution in [3.63, 3.8) is 0 Å². The summed E-state index contributed by atoms with van der Waals surface area (Å²) in [6, 6.07) is 37.5. The fourth-order valence-corrected chi connectivity index (χ4v) is 36.8. The minimum Gasteiger partial charge on any atom is -0.0974 e. The van der Waals surface area contributed by atoms with Crippen LogP contribution in [0.2, 0.25) is 0 Å². The second-order valence-corrected chi connectivity index (χ2v) is 47.3. The van der Waals surface area contributed by atoms with Crippen molar-refractivity contribution in [2.75, 3.05) is 12.3 Å². The maximum absolute atomic E-state index is 2.51. The smallest absolute Gasteiger partial charge is 0.0161 e. The summed E-state index contributed by atoms with van der Waals surface area (Å²) in [5, 5.41) is 2.78. The molecule has 10 rings (SSSR count). The first-order valence-corrected chi connectivity index (χ1v) is 37.1. The Labute approximate surface area is 438 Å². The zero-order chi connectivity index (χ0) is 50.9. The molecule has 70 heavy (non-hydrogen) atoms. The van der Waals surface area contributed by atoms with Gasteiger partial charge in [-0.15, -0.1) is 0 Å². The van der Waals surface area contributed by atoms with E-state index in [4.69, 9.17) is 0 Å². The van der Waals surface area contributed by atoms with Gasteiger partial charge < -0.3 is 0 Å². The number of benzene rings is 4. The van der Waals surface area contributed by atoms with Crippen LogP contribution in [0.5, 0.6) is 0 Å². The lowest BCUT2D eigenvalue weighted by molar-refractivity contribution is 0.671. The molecule has 0 radical (unpaired) electrons. The fraction of sp³-hybridized carbons (Fsp3) is 0.625. The lowest BCUT2D eigenvalue weighted by Crippen LogP contribution is -2.29. The van der Waals surface area contributed by atoms with E-state index in [2.05, 4.69) is 222 Å². The van der Waals surface area contributed by atoms with E-state index < -0.39 is 0 Å². The Morgan fingerprint density at radius 2 is 0.486 bits per heavy atom. The Bertz CT molecular complexity index is 2100. The zero-order valence-electron chi connectivity index (χ0n) is 47.5. The van der Waals surface area contributed by atoms with Crippen molar-refractivity contribution in [3.8, 4) is 0 Å². The lowest BCUT2D eigenvalue weighted by atomic mass is 9.98. The first-order valence-electron chi connectivity index (χ1n) is 27.5. The van der Waals surface area contributed by atoms with E-state index in [0.717, 1.165) is 34.0 Å². The summed E-state index contributed by atoms with van der Waals surface area (Å²) in [5.41, 5.74) is 18.4. The minimum atomic E-state index is -0.0695. The molecule has 0 bridgehead atoms. The van der Waals surface area contributed by atoms with Crippen molar-refractivity contribution in [2.24, 2.45) is 0 Å². The Balaban J connectivity index is 0.000000144. The minimum absolute atomic E-state index is 0.0695. The van der Waals surface area contributed by atoms with Crippen molar-refractivity contribution in [1.29, 1.82) is 0 Å². The van der Waals surface area contributed by atoms with Gasteiger partial charge in [-0.05, 0) is 149 Å². The molecule has 12 atom stereocenters. The SMILES string of the molecule is CC(C)(C)[P@@]1CCC[C@@H]1[C@H]1CCC[P@]1C(C)(C)C.CC(C)(C)[P@@]1Cc2ccccc2[C@@H]1[C@H]1c2ccccc2C[P@]1C(C)(C)C.CC(C)(C)[P@]1Cc2ccccc2[C@H]1[C@@H]1c2ccccc2C[P@@]1C(C)(C)C. The molecule has 0 unspecified atom stereocenters. The highest BCUT2D eigenvalue weighted by Crippen LogP contribution is 2.83. The van der Waals surface area contributed by atoms with E-state index in [-0.39, 0.29) is 47.5 Å². The topological polar surface area (TPSA) is 0 Å². The molecule has 0 N–H and O–H groups in total. The predicted molar refractivity (Wildman–Crippen MR) is 327 cm³/mol. The molecule has 0 aliphatic carbocycles. The zero-order valence-corrected chi connectivity index (χ0v) is 52.8. The molecule has 0 spiro atoms.